The van der Waals surface area contributed by atoms with Crippen LogP contribution in [0.5, 0.6) is 0 Å². The Morgan fingerprint density at radius 3 is 1.24 bits per heavy atom. The van der Waals surface area contributed by atoms with Gasteiger partial charge in [-0.2, -0.15) is 4.40 Å². The number of fused-ring (bicyclic) bond motifs is 9. The van der Waals surface area contributed by atoms with Crippen LogP contribution in [0.25, 0.3) is 48.6 Å². The second kappa shape index (κ2) is 6.55. The Labute approximate surface area is 183 Å². The number of rotatable bonds is 0. The van der Waals surface area contributed by atoms with Crippen molar-refractivity contribution in [3.63, 3.8) is 0 Å². The Balaban J connectivity index is 0.000000287. The van der Waals surface area contributed by atoms with Crippen molar-refractivity contribution in [1.82, 2.24) is 0 Å². The van der Waals surface area contributed by atoms with E-state index in [-0.39, 0.29) is 0 Å². The van der Waals surface area contributed by atoms with Crippen LogP contribution in [-0.4, -0.2) is 0 Å². The molecule has 33 heavy (non-hydrogen) atoms. The number of pyridine rings is 2. The molecule has 0 bridgehead atoms. The predicted octanol–water partition coefficient (Wildman–Crippen LogP) is 9.42. The summed E-state index contributed by atoms with van der Waals surface area (Å²) in [6.07, 6.45) is 4.35. The van der Waals surface area contributed by atoms with E-state index in [1.54, 1.807) is 0 Å². The van der Waals surface area contributed by atoms with Crippen LogP contribution in [-0.2, 0) is 0 Å². The molecule has 4 aromatic carbocycles. The molecule has 0 radical (unpaired) electrons. The van der Waals surface area contributed by atoms with E-state index in [0.717, 1.165) is 0 Å². The van der Waals surface area contributed by atoms with E-state index in [2.05, 4.69) is 102 Å². The van der Waals surface area contributed by atoms with Crippen molar-refractivity contribution in [3.8, 4) is 0 Å². The van der Waals surface area contributed by atoms with Crippen LogP contribution >= 0.6 is 7.81 Å². The van der Waals surface area contributed by atoms with E-state index in [0.29, 0.717) is 0 Å². The normalized spacial score (nSPS) is 14.2. The number of hydrogen-bond donors (Lipinski definition) is 0. The summed E-state index contributed by atoms with van der Waals surface area (Å²) in [6.45, 7) is 0. The number of halogens is 6. The van der Waals surface area contributed by atoms with Gasteiger partial charge in [0, 0.05) is 12.1 Å². The third-order valence-electron chi connectivity index (χ3n) is 5.48. The fraction of sp³-hybridized carbons (Fsp3) is 0. The molecule has 0 spiro atoms. The first-order valence-electron chi connectivity index (χ1n) is 9.97. The van der Waals surface area contributed by atoms with Gasteiger partial charge in [0.25, 0.3) is 0 Å². The molecule has 0 aliphatic rings. The van der Waals surface area contributed by atoms with Crippen molar-refractivity contribution in [3.05, 3.63) is 97.3 Å². The zero-order valence-corrected chi connectivity index (χ0v) is 17.8. The van der Waals surface area contributed by atoms with Crippen LogP contribution < -0.4 is 4.40 Å². The first kappa shape index (κ1) is 21.4. The molecule has 0 unspecified atom stereocenters. The van der Waals surface area contributed by atoms with Gasteiger partial charge in [-0.1, -0.05) is 72.8 Å². The second-order valence-electron chi connectivity index (χ2n) is 7.85. The van der Waals surface area contributed by atoms with E-state index >= 15 is 0 Å². The van der Waals surface area contributed by atoms with Gasteiger partial charge in [-0.15, -0.1) is 0 Å². The molecule has 0 atom stereocenters. The SMILES string of the molecule is F[P-](F)(F)(F)(F)F.c1ccc2c(c1)ccc1cc[n+]3ccc4ccc5ccccc5c4c3c12. The quantitative estimate of drug-likeness (QED) is 0.0892. The van der Waals surface area contributed by atoms with Crippen LogP contribution in [0.3, 0.4) is 0 Å². The molecule has 0 saturated heterocycles. The minimum atomic E-state index is -10.7. The van der Waals surface area contributed by atoms with Gasteiger partial charge in [0.15, 0.2) is 12.4 Å². The van der Waals surface area contributed by atoms with E-state index in [9.17, 15) is 25.2 Å². The Hall–Kier alpha value is -3.44. The summed E-state index contributed by atoms with van der Waals surface area (Å²) in [5, 5.41) is 10.4. The Morgan fingerprint density at radius 2 is 0.818 bits per heavy atom. The Morgan fingerprint density at radius 1 is 0.455 bits per heavy atom. The first-order valence-corrected chi connectivity index (χ1v) is 12.0. The van der Waals surface area contributed by atoms with Gasteiger partial charge in [-0.3, -0.25) is 0 Å². The standard InChI is InChI=1S/C25H16N.F6P/c1-3-7-21-17(5-1)9-11-19-13-15-26-16-14-20-12-10-18-6-2-4-8-22(18)24(20)25(26)23(19)21;1-7(2,3,4,5)6/h1-16H;/q+1;-1. The van der Waals surface area contributed by atoms with Crippen molar-refractivity contribution >= 4 is 56.4 Å². The molecule has 0 amide bonds. The summed E-state index contributed by atoms with van der Waals surface area (Å²) in [5.41, 5.74) is 1.29. The van der Waals surface area contributed by atoms with Crippen LogP contribution in [0.1, 0.15) is 0 Å². The molecular weight excluding hydrogens is 459 g/mol. The molecule has 1 nitrogen and oxygen atoms in total. The molecule has 8 heteroatoms. The summed E-state index contributed by atoms with van der Waals surface area (Å²) in [7, 11) is -10.7. The van der Waals surface area contributed by atoms with Gasteiger partial charge >= 0.3 is 33.0 Å². The molecule has 0 aliphatic carbocycles. The fourth-order valence-corrected chi connectivity index (χ4v) is 4.29. The van der Waals surface area contributed by atoms with E-state index in [1.807, 2.05) is 0 Å². The number of nitrogens with zero attached hydrogens (tertiary/aromatic N) is 1. The number of benzene rings is 4. The molecule has 0 N–H and O–H groups in total. The zero-order valence-electron chi connectivity index (χ0n) is 16.9. The van der Waals surface area contributed by atoms with Crippen molar-refractivity contribution in [1.29, 1.82) is 0 Å². The average Bonchev–Trinajstić information content (AvgIpc) is 2.76. The molecule has 0 fully saturated rings. The average molecular weight is 475 g/mol. The van der Waals surface area contributed by atoms with Crippen molar-refractivity contribution in [2.24, 2.45) is 0 Å². The summed E-state index contributed by atoms with van der Waals surface area (Å²) in [4.78, 5) is 0. The van der Waals surface area contributed by atoms with Crippen LogP contribution in [0.15, 0.2) is 97.3 Å². The van der Waals surface area contributed by atoms with Crippen LogP contribution in [0, 0.1) is 0 Å². The topological polar surface area (TPSA) is 4.10 Å². The smallest absolute Gasteiger partial charge is 0.166 e. The van der Waals surface area contributed by atoms with Gasteiger partial charge in [0.05, 0.1) is 10.8 Å². The maximum absolute atomic E-state index is 10.7. The third-order valence-corrected chi connectivity index (χ3v) is 5.48. The van der Waals surface area contributed by atoms with Crippen LogP contribution in [0.4, 0.5) is 25.2 Å². The summed E-state index contributed by atoms with van der Waals surface area (Å²) >= 11 is 0. The van der Waals surface area contributed by atoms with Gasteiger partial charge in [-0.25, -0.2) is 0 Å². The van der Waals surface area contributed by atoms with E-state index < -0.39 is 7.81 Å². The molecule has 2 aromatic heterocycles. The fourth-order valence-electron chi connectivity index (χ4n) is 4.29. The molecule has 6 aromatic rings. The van der Waals surface area contributed by atoms with E-state index in [1.165, 1.54) is 48.6 Å². The maximum Gasteiger partial charge on any atom is 0.227 e. The van der Waals surface area contributed by atoms with Gasteiger partial charge in [0.1, 0.15) is 0 Å². The van der Waals surface area contributed by atoms with Gasteiger partial charge in [0.2, 0.25) is 5.52 Å². The summed E-state index contributed by atoms with van der Waals surface area (Å²) < 4.78 is 61.5. The summed E-state index contributed by atoms with van der Waals surface area (Å²) in [5.74, 6) is 0. The molecule has 2 heterocycles. The van der Waals surface area contributed by atoms with Crippen LogP contribution in [0.2, 0.25) is 0 Å². The van der Waals surface area contributed by atoms with Crippen molar-refractivity contribution in [2.45, 2.75) is 0 Å². The third kappa shape index (κ3) is 4.55. The number of hydrogen-bond acceptors (Lipinski definition) is 0. The van der Waals surface area contributed by atoms with Gasteiger partial charge < -0.3 is 0 Å². The second-order valence-corrected chi connectivity index (χ2v) is 9.76. The molecule has 0 aliphatic heterocycles. The largest absolute Gasteiger partial charge is 0.227 e. The molecule has 6 rings (SSSR count). The Bertz CT molecular complexity index is 1580. The monoisotopic (exact) mass is 475 g/mol. The first-order chi connectivity index (χ1) is 15.3. The molecule has 168 valence electrons. The molecule has 0 saturated carbocycles. The van der Waals surface area contributed by atoms with Gasteiger partial charge in [-0.05, 0) is 32.3 Å². The summed E-state index contributed by atoms with van der Waals surface area (Å²) in [6, 6.07) is 30.7. The Kier molecular flexibility index (Phi) is 4.25. The number of aromatic nitrogens is 1. The minimum absolute atomic E-state index is 1.28. The predicted molar refractivity (Wildman–Crippen MR) is 123 cm³/mol. The molecular formula is C25H16F6NP. The van der Waals surface area contributed by atoms with Crippen molar-refractivity contribution < 1.29 is 29.6 Å². The zero-order chi connectivity index (χ0) is 23.5. The van der Waals surface area contributed by atoms with E-state index in [4.69, 9.17) is 0 Å². The maximum atomic E-state index is 9.87. The van der Waals surface area contributed by atoms with Crippen molar-refractivity contribution in [2.75, 3.05) is 0 Å². The minimum Gasteiger partial charge on any atom is -0.166 e.